The Morgan fingerprint density at radius 3 is 2.61 bits per heavy atom. The topological polar surface area (TPSA) is 112 Å². The average Bonchev–Trinajstić information content (AvgIpc) is 2.93. The Morgan fingerprint density at radius 2 is 2.03 bits per heavy atom. The number of carbonyl (C=O) groups is 1. The molecule has 0 spiro atoms. The van der Waals surface area contributed by atoms with Gasteiger partial charge in [0.2, 0.25) is 0 Å². The van der Waals surface area contributed by atoms with Crippen molar-refractivity contribution in [3.63, 3.8) is 0 Å². The molecule has 0 aliphatic carbocycles. The predicted octanol–water partition coefficient (Wildman–Crippen LogP) is 2.71. The third kappa shape index (κ3) is 4.98. The molecule has 168 valence electrons. The minimum atomic E-state index is -4.34. The second kappa shape index (κ2) is 8.45. The summed E-state index contributed by atoms with van der Waals surface area (Å²) < 4.78 is 27.4. The number of pyridine rings is 2. The van der Waals surface area contributed by atoms with Gasteiger partial charge in [-0.15, -0.1) is 0 Å². The van der Waals surface area contributed by atoms with Crippen molar-refractivity contribution >= 4 is 21.7 Å². The quantitative estimate of drug-likeness (QED) is 0.706. The number of nitrogens with one attached hydrogen (secondary N) is 2. The Kier molecular flexibility index (Phi) is 6.27. The number of nitrogens with zero attached hydrogens (tertiary/aromatic N) is 2. The normalized spacial score (nSPS) is 18.4. The van der Waals surface area contributed by atoms with Gasteiger partial charge in [0.1, 0.15) is 5.82 Å². The van der Waals surface area contributed by atoms with Crippen molar-refractivity contribution < 1.29 is 13.2 Å². The lowest BCUT2D eigenvalue weighted by atomic mass is 9.97. The molecule has 1 aliphatic heterocycles. The number of rotatable bonds is 6. The second-order valence-corrected chi connectivity index (χ2v) is 11.0. The molecule has 2 aromatic heterocycles. The Bertz CT molecular complexity index is 1140. The van der Waals surface area contributed by atoms with E-state index < -0.39 is 26.4 Å². The van der Waals surface area contributed by atoms with Crippen LogP contribution < -0.4 is 15.2 Å². The zero-order valence-corrected chi connectivity index (χ0v) is 19.4. The van der Waals surface area contributed by atoms with Crippen LogP contribution in [0.4, 0.5) is 5.82 Å². The first kappa shape index (κ1) is 23.0. The number of carbonyl (C=O) groups excluding carboxylic acids is 1. The van der Waals surface area contributed by atoms with Crippen molar-refractivity contribution in [1.82, 2.24) is 14.7 Å². The molecule has 0 unspecified atom stereocenters. The minimum absolute atomic E-state index is 0.172. The summed E-state index contributed by atoms with van der Waals surface area (Å²) in [6.45, 7) is 11.2. The summed E-state index contributed by atoms with van der Waals surface area (Å²) in [5, 5.41) is 0. The van der Waals surface area contributed by atoms with Crippen LogP contribution >= 0.6 is 0 Å². The molecule has 2 aromatic rings. The molecule has 0 saturated carbocycles. The molecule has 2 N–H and O–H groups in total. The maximum absolute atomic E-state index is 13.1. The molecular weight excluding hydrogens is 416 g/mol. The molecule has 1 aliphatic rings. The van der Waals surface area contributed by atoms with Crippen LogP contribution in [-0.4, -0.2) is 36.4 Å². The first-order valence-corrected chi connectivity index (χ1v) is 11.9. The Hall–Kier alpha value is -2.68. The zero-order valence-electron chi connectivity index (χ0n) is 18.6. The van der Waals surface area contributed by atoms with E-state index in [0.29, 0.717) is 17.7 Å². The Labute approximate surface area is 183 Å². The first-order chi connectivity index (χ1) is 14.4. The molecule has 3 heterocycles. The maximum atomic E-state index is 13.1. The predicted molar refractivity (Wildman–Crippen MR) is 120 cm³/mol. The van der Waals surface area contributed by atoms with Gasteiger partial charge in [-0.25, -0.2) is 18.1 Å². The van der Waals surface area contributed by atoms with Crippen LogP contribution in [0.15, 0.2) is 40.2 Å². The van der Waals surface area contributed by atoms with Gasteiger partial charge in [-0.3, -0.25) is 9.59 Å². The zero-order chi connectivity index (χ0) is 23.0. The summed E-state index contributed by atoms with van der Waals surface area (Å²) in [6.07, 6.45) is 3.01. The van der Waals surface area contributed by atoms with E-state index in [2.05, 4.69) is 44.5 Å². The molecule has 1 atom stereocenters. The summed E-state index contributed by atoms with van der Waals surface area (Å²) in [5.41, 5.74) is 0.000639. The fraction of sp³-hybridized carbons (Fsp3) is 0.500. The Balaban J connectivity index is 2.03. The summed E-state index contributed by atoms with van der Waals surface area (Å²) in [6, 6.07) is 5.93. The van der Waals surface area contributed by atoms with Crippen LogP contribution in [-0.2, 0) is 16.4 Å². The van der Waals surface area contributed by atoms with Crippen LogP contribution in [0.25, 0.3) is 0 Å². The van der Waals surface area contributed by atoms with E-state index in [1.807, 2.05) is 4.72 Å². The fourth-order valence-electron chi connectivity index (χ4n) is 4.21. The molecule has 3 rings (SSSR count). The summed E-state index contributed by atoms with van der Waals surface area (Å²) >= 11 is 0. The lowest BCUT2D eigenvalue weighted by Crippen LogP contribution is -2.41. The molecule has 31 heavy (non-hydrogen) atoms. The second-order valence-electron chi connectivity index (χ2n) is 9.30. The van der Waals surface area contributed by atoms with Crippen molar-refractivity contribution in [1.29, 1.82) is 0 Å². The maximum Gasteiger partial charge on any atom is 0.269 e. The van der Waals surface area contributed by atoms with Crippen molar-refractivity contribution in [2.75, 3.05) is 11.4 Å². The van der Waals surface area contributed by atoms with Crippen LogP contribution in [0.3, 0.4) is 0 Å². The third-order valence-electron chi connectivity index (χ3n) is 5.42. The fourth-order valence-corrected chi connectivity index (χ4v) is 5.24. The number of aromatic nitrogens is 2. The molecule has 0 radical (unpaired) electrons. The van der Waals surface area contributed by atoms with Crippen LogP contribution in [0.2, 0.25) is 0 Å². The highest BCUT2D eigenvalue weighted by atomic mass is 32.2. The molecule has 0 aromatic carbocycles. The third-order valence-corrected chi connectivity index (χ3v) is 6.78. The smallest absolute Gasteiger partial charge is 0.269 e. The number of hydrogen-bond acceptors (Lipinski definition) is 6. The number of sulfonamides is 1. The van der Waals surface area contributed by atoms with Gasteiger partial charge >= 0.3 is 0 Å². The van der Waals surface area contributed by atoms with E-state index in [1.54, 1.807) is 12.1 Å². The summed E-state index contributed by atoms with van der Waals surface area (Å²) in [7, 11) is -4.34. The van der Waals surface area contributed by atoms with E-state index in [-0.39, 0.29) is 11.1 Å². The summed E-state index contributed by atoms with van der Waals surface area (Å²) in [4.78, 5) is 33.7. The number of anilines is 1. The first-order valence-electron chi connectivity index (χ1n) is 10.4. The van der Waals surface area contributed by atoms with Crippen molar-refractivity contribution in [2.45, 2.75) is 57.9 Å². The number of hydrogen-bond donors (Lipinski definition) is 2. The van der Waals surface area contributed by atoms with Gasteiger partial charge in [0, 0.05) is 24.0 Å². The molecular formula is C22H30N4O4S. The highest BCUT2D eigenvalue weighted by molar-refractivity contribution is 7.90. The molecule has 1 amide bonds. The standard InChI is InChI=1S/C22H30N4O4S/c1-14(2)11-16-8-9-17(19(24-16)26-13-15(3)12-22(26,4)5)20(27)25-31(29,30)18-7-6-10-23-21(18)28/h6-10,14-15H,11-13H2,1-5H3,(H,23,28)(H,25,27)/t15-/m0/s1. The molecule has 9 heteroatoms. The number of amides is 1. The van der Waals surface area contributed by atoms with Crippen LogP contribution in [0, 0.1) is 11.8 Å². The van der Waals surface area contributed by atoms with E-state index >= 15 is 0 Å². The molecule has 8 nitrogen and oxygen atoms in total. The minimum Gasteiger partial charge on any atom is -0.351 e. The van der Waals surface area contributed by atoms with Gasteiger partial charge in [0.15, 0.2) is 4.90 Å². The van der Waals surface area contributed by atoms with Gasteiger partial charge in [0.05, 0.1) is 5.56 Å². The largest absolute Gasteiger partial charge is 0.351 e. The highest BCUT2D eigenvalue weighted by Gasteiger charge is 2.39. The molecule has 1 fully saturated rings. The Morgan fingerprint density at radius 1 is 1.32 bits per heavy atom. The van der Waals surface area contributed by atoms with Gasteiger partial charge in [-0.2, -0.15) is 0 Å². The van der Waals surface area contributed by atoms with Crippen LogP contribution in [0.1, 0.15) is 57.1 Å². The van der Waals surface area contributed by atoms with E-state index in [9.17, 15) is 18.0 Å². The molecule has 0 bridgehead atoms. The van der Waals surface area contributed by atoms with E-state index in [0.717, 1.165) is 31.1 Å². The van der Waals surface area contributed by atoms with Gasteiger partial charge in [-0.1, -0.05) is 20.8 Å². The number of H-pyrrole nitrogens is 1. The van der Waals surface area contributed by atoms with Crippen molar-refractivity contribution in [3.8, 4) is 0 Å². The van der Waals surface area contributed by atoms with Crippen molar-refractivity contribution in [2.24, 2.45) is 11.8 Å². The van der Waals surface area contributed by atoms with Crippen molar-refractivity contribution in [3.05, 3.63) is 52.1 Å². The van der Waals surface area contributed by atoms with Gasteiger partial charge < -0.3 is 9.88 Å². The van der Waals surface area contributed by atoms with E-state index in [1.165, 1.54) is 12.3 Å². The SMILES string of the molecule is CC(C)Cc1ccc(C(=O)NS(=O)(=O)c2ccc[nH]c2=O)c(N2C[C@@H](C)CC2(C)C)n1. The van der Waals surface area contributed by atoms with Crippen LogP contribution in [0.5, 0.6) is 0 Å². The van der Waals surface area contributed by atoms with E-state index in [4.69, 9.17) is 4.98 Å². The summed E-state index contributed by atoms with van der Waals surface area (Å²) in [5.74, 6) is 0.461. The lowest BCUT2D eigenvalue weighted by molar-refractivity contribution is 0.0981. The lowest BCUT2D eigenvalue weighted by Gasteiger charge is -2.34. The monoisotopic (exact) mass is 446 g/mol. The highest BCUT2D eigenvalue weighted by Crippen LogP contribution is 2.37. The average molecular weight is 447 g/mol. The molecule has 1 saturated heterocycles. The van der Waals surface area contributed by atoms with Gasteiger partial charge in [0.25, 0.3) is 21.5 Å². The number of aromatic amines is 1. The van der Waals surface area contributed by atoms with Gasteiger partial charge in [-0.05, 0) is 62.8 Å².